The monoisotopic (exact) mass is 436 g/mol. The van der Waals surface area contributed by atoms with Crippen LogP contribution in [-0.2, 0) is 9.53 Å². The lowest BCUT2D eigenvalue weighted by Gasteiger charge is -2.05. The molecule has 0 unspecified atom stereocenters. The SMILES string of the molecule is COC(=O)c1ccc(NC(=O)CSc2nnc(-c3ccc4[nH]c(C)c(C)c4c3)o2)cc1. The van der Waals surface area contributed by atoms with Crippen molar-refractivity contribution in [2.75, 3.05) is 18.2 Å². The van der Waals surface area contributed by atoms with E-state index in [-0.39, 0.29) is 11.7 Å². The molecule has 0 atom stereocenters. The number of ether oxygens (including phenoxy) is 1. The number of carbonyl (C=O) groups is 2. The summed E-state index contributed by atoms with van der Waals surface area (Å²) in [6.45, 7) is 4.10. The molecular weight excluding hydrogens is 416 g/mol. The van der Waals surface area contributed by atoms with Gasteiger partial charge in [-0.05, 0) is 61.9 Å². The first-order chi connectivity index (χ1) is 14.9. The number of hydrogen-bond donors (Lipinski definition) is 2. The van der Waals surface area contributed by atoms with E-state index in [0.717, 1.165) is 33.9 Å². The van der Waals surface area contributed by atoms with Crippen LogP contribution in [-0.4, -0.2) is 39.9 Å². The van der Waals surface area contributed by atoms with Crippen molar-refractivity contribution < 1.29 is 18.7 Å². The molecule has 9 heteroatoms. The van der Waals surface area contributed by atoms with Crippen molar-refractivity contribution >= 4 is 40.2 Å². The minimum Gasteiger partial charge on any atom is -0.465 e. The number of methoxy groups -OCH3 is 1. The summed E-state index contributed by atoms with van der Waals surface area (Å²) in [4.78, 5) is 27.0. The Labute approximate surface area is 182 Å². The van der Waals surface area contributed by atoms with Gasteiger partial charge in [0.15, 0.2) is 0 Å². The highest BCUT2D eigenvalue weighted by Gasteiger charge is 2.14. The van der Waals surface area contributed by atoms with Crippen LogP contribution in [0.25, 0.3) is 22.4 Å². The van der Waals surface area contributed by atoms with Crippen LogP contribution < -0.4 is 5.32 Å². The lowest BCUT2D eigenvalue weighted by molar-refractivity contribution is -0.113. The number of nitrogens with one attached hydrogen (secondary N) is 2. The molecule has 2 N–H and O–H groups in total. The minimum absolute atomic E-state index is 0.107. The van der Waals surface area contributed by atoms with E-state index in [4.69, 9.17) is 4.42 Å². The third kappa shape index (κ3) is 4.46. The normalized spacial score (nSPS) is 10.9. The molecular formula is C22H20N4O4S. The van der Waals surface area contributed by atoms with Gasteiger partial charge in [-0.1, -0.05) is 11.8 Å². The van der Waals surface area contributed by atoms with Gasteiger partial charge >= 0.3 is 5.97 Å². The van der Waals surface area contributed by atoms with Gasteiger partial charge in [0.1, 0.15) is 0 Å². The minimum atomic E-state index is -0.429. The zero-order valence-electron chi connectivity index (χ0n) is 17.2. The summed E-state index contributed by atoms with van der Waals surface area (Å²) in [6.07, 6.45) is 0. The number of fused-ring (bicyclic) bond motifs is 1. The second kappa shape index (κ2) is 8.65. The Morgan fingerprint density at radius 1 is 1.13 bits per heavy atom. The molecule has 8 nitrogen and oxygen atoms in total. The van der Waals surface area contributed by atoms with Gasteiger partial charge in [-0.2, -0.15) is 0 Å². The summed E-state index contributed by atoms with van der Waals surface area (Å²) in [5.41, 5.74) is 5.18. The number of anilines is 1. The first kappa shape index (κ1) is 20.7. The number of aromatic amines is 1. The Morgan fingerprint density at radius 2 is 1.90 bits per heavy atom. The average Bonchev–Trinajstić information content (AvgIpc) is 3.37. The third-order valence-electron chi connectivity index (χ3n) is 4.88. The molecule has 31 heavy (non-hydrogen) atoms. The Kier molecular flexibility index (Phi) is 5.77. The van der Waals surface area contributed by atoms with Gasteiger partial charge in [0, 0.05) is 27.8 Å². The van der Waals surface area contributed by atoms with Crippen molar-refractivity contribution in [1.82, 2.24) is 15.2 Å². The van der Waals surface area contributed by atoms with Crippen LogP contribution in [0.4, 0.5) is 5.69 Å². The van der Waals surface area contributed by atoms with Crippen molar-refractivity contribution in [2.45, 2.75) is 19.1 Å². The number of H-pyrrole nitrogens is 1. The number of benzene rings is 2. The van der Waals surface area contributed by atoms with Crippen LogP contribution in [0.3, 0.4) is 0 Å². The molecule has 158 valence electrons. The van der Waals surface area contributed by atoms with Gasteiger partial charge < -0.3 is 19.5 Å². The number of thioether (sulfide) groups is 1. The van der Waals surface area contributed by atoms with E-state index in [1.807, 2.05) is 25.1 Å². The maximum Gasteiger partial charge on any atom is 0.337 e. The molecule has 0 saturated heterocycles. The first-order valence-corrected chi connectivity index (χ1v) is 10.5. The van der Waals surface area contributed by atoms with Crippen molar-refractivity contribution in [2.24, 2.45) is 0 Å². The maximum absolute atomic E-state index is 12.2. The lowest BCUT2D eigenvalue weighted by Crippen LogP contribution is -2.14. The Balaban J connectivity index is 1.37. The molecule has 2 aromatic heterocycles. The molecule has 0 aliphatic heterocycles. The largest absolute Gasteiger partial charge is 0.465 e. The van der Waals surface area contributed by atoms with E-state index in [1.54, 1.807) is 24.3 Å². The smallest absolute Gasteiger partial charge is 0.337 e. The van der Waals surface area contributed by atoms with Gasteiger partial charge in [-0.15, -0.1) is 10.2 Å². The molecule has 0 saturated carbocycles. The second-order valence-electron chi connectivity index (χ2n) is 6.91. The highest BCUT2D eigenvalue weighted by Crippen LogP contribution is 2.28. The predicted octanol–water partition coefficient (Wildman–Crippen LogP) is 4.35. The van der Waals surface area contributed by atoms with E-state index >= 15 is 0 Å². The fourth-order valence-corrected chi connectivity index (χ4v) is 3.67. The van der Waals surface area contributed by atoms with E-state index in [9.17, 15) is 9.59 Å². The van der Waals surface area contributed by atoms with Gasteiger partial charge in [0.2, 0.25) is 11.8 Å². The standard InChI is InChI=1S/C22H20N4O4S/c1-12-13(2)23-18-9-6-15(10-17(12)18)20-25-26-22(30-20)31-11-19(27)24-16-7-4-14(5-8-16)21(28)29-3/h4-10,23H,11H2,1-3H3,(H,24,27). The molecule has 0 fully saturated rings. The summed E-state index contributed by atoms with van der Waals surface area (Å²) in [5, 5.41) is 12.3. The van der Waals surface area contributed by atoms with E-state index in [1.165, 1.54) is 12.7 Å². The number of aromatic nitrogens is 3. The predicted molar refractivity (Wildman–Crippen MR) is 118 cm³/mol. The van der Waals surface area contributed by atoms with Gasteiger partial charge in [-0.3, -0.25) is 4.79 Å². The molecule has 1 amide bonds. The molecule has 0 aliphatic rings. The molecule has 0 radical (unpaired) electrons. The Morgan fingerprint density at radius 3 is 2.65 bits per heavy atom. The molecule has 2 heterocycles. The summed E-state index contributed by atoms with van der Waals surface area (Å²) >= 11 is 1.15. The molecule has 4 aromatic rings. The van der Waals surface area contributed by atoms with Crippen LogP contribution in [0.15, 0.2) is 52.1 Å². The number of esters is 1. The van der Waals surface area contributed by atoms with E-state index < -0.39 is 5.97 Å². The van der Waals surface area contributed by atoms with Crippen LogP contribution in [0, 0.1) is 13.8 Å². The molecule has 0 spiro atoms. The number of hydrogen-bond acceptors (Lipinski definition) is 7. The van der Waals surface area contributed by atoms with Crippen molar-refractivity contribution in [3.8, 4) is 11.5 Å². The van der Waals surface area contributed by atoms with Crippen LogP contribution in [0.1, 0.15) is 21.6 Å². The molecule has 0 aliphatic carbocycles. The van der Waals surface area contributed by atoms with Gasteiger partial charge in [0.05, 0.1) is 18.4 Å². The summed E-state index contributed by atoms with van der Waals surface area (Å²) in [6, 6.07) is 12.4. The lowest BCUT2D eigenvalue weighted by atomic mass is 10.1. The molecule has 2 aromatic carbocycles. The second-order valence-corrected chi connectivity index (χ2v) is 7.84. The highest BCUT2D eigenvalue weighted by molar-refractivity contribution is 7.99. The van der Waals surface area contributed by atoms with Crippen molar-refractivity contribution in [1.29, 1.82) is 0 Å². The van der Waals surface area contributed by atoms with Gasteiger partial charge in [-0.25, -0.2) is 4.79 Å². The quantitative estimate of drug-likeness (QED) is 0.341. The Hall–Kier alpha value is -3.59. The number of carbonyl (C=O) groups excluding carboxylic acids is 2. The molecule has 4 rings (SSSR count). The van der Waals surface area contributed by atoms with E-state index in [0.29, 0.717) is 22.4 Å². The third-order valence-corrected chi connectivity index (χ3v) is 5.70. The van der Waals surface area contributed by atoms with Crippen LogP contribution in [0.2, 0.25) is 0 Å². The van der Waals surface area contributed by atoms with Crippen molar-refractivity contribution in [3.05, 3.63) is 59.3 Å². The maximum atomic E-state index is 12.2. The van der Waals surface area contributed by atoms with Crippen molar-refractivity contribution in [3.63, 3.8) is 0 Å². The first-order valence-electron chi connectivity index (χ1n) is 9.48. The zero-order valence-corrected chi connectivity index (χ0v) is 18.0. The Bertz CT molecular complexity index is 1260. The van der Waals surface area contributed by atoms with Gasteiger partial charge in [0.25, 0.3) is 5.22 Å². The number of amides is 1. The average molecular weight is 436 g/mol. The zero-order chi connectivity index (χ0) is 22.0. The number of nitrogens with zero attached hydrogens (tertiary/aromatic N) is 2. The summed E-state index contributed by atoms with van der Waals surface area (Å²) in [5.74, 6) is -0.145. The number of rotatable bonds is 6. The van der Waals surface area contributed by atoms with Crippen LogP contribution in [0.5, 0.6) is 0 Å². The topological polar surface area (TPSA) is 110 Å². The fourth-order valence-electron chi connectivity index (χ4n) is 3.11. The molecule has 0 bridgehead atoms. The van der Waals surface area contributed by atoms with E-state index in [2.05, 4.69) is 32.2 Å². The number of aryl methyl sites for hydroxylation is 2. The highest BCUT2D eigenvalue weighted by atomic mass is 32.2. The van der Waals surface area contributed by atoms with Crippen LogP contribution >= 0.6 is 11.8 Å². The summed E-state index contributed by atoms with van der Waals surface area (Å²) in [7, 11) is 1.32. The fraction of sp³-hybridized carbons (Fsp3) is 0.182. The summed E-state index contributed by atoms with van der Waals surface area (Å²) < 4.78 is 10.4.